The fourth-order valence-corrected chi connectivity index (χ4v) is 3.36. The number of hydrogen-bond acceptors (Lipinski definition) is 4. The van der Waals surface area contributed by atoms with Crippen molar-refractivity contribution in [1.29, 1.82) is 0 Å². The normalized spacial score (nSPS) is 26.1. The molecule has 2 aliphatic rings. The van der Waals surface area contributed by atoms with Gasteiger partial charge in [0, 0.05) is 45.1 Å². The summed E-state index contributed by atoms with van der Waals surface area (Å²) >= 11 is 0. The average molecular weight is 276 g/mol. The molecule has 110 valence electrons. The molecule has 4 nitrogen and oxygen atoms in total. The summed E-state index contributed by atoms with van der Waals surface area (Å²) in [5.41, 5.74) is 1.43. The first-order chi connectivity index (χ1) is 9.80. The maximum Gasteiger partial charge on any atom is 0.0836 e. The molecule has 1 aromatic heterocycles. The van der Waals surface area contributed by atoms with Gasteiger partial charge in [-0.1, -0.05) is 0 Å². The summed E-state index contributed by atoms with van der Waals surface area (Å²) in [7, 11) is 0. The Labute approximate surface area is 121 Å². The first-order valence-corrected chi connectivity index (χ1v) is 7.66. The van der Waals surface area contributed by atoms with Crippen LogP contribution in [0.5, 0.6) is 0 Å². The fourth-order valence-electron chi connectivity index (χ4n) is 3.36. The third kappa shape index (κ3) is 3.19. The van der Waals surface area contributed by atoms with Crippen LogP contribution in [0.1, 0.15) is 31.7 Å². The molecule has 0 radical (unpaired) electrons. The molecule has 1 spiro atoms. The van der Waals surface area contributed by atoms with E-state index >= 15 is 0 Å². The molecular weight excluding hydrogens is 252 g/mol. The van der Waals surface area contributed by atoms with Crippen molar-refractivity contribution in [1.82, 2.24) is 9.88 Å². The zero-order valence-corrected chi connectivity index (χ0v) is 12.3. The summed E-state index contributed by atoms with van der Waals surface area (Å²) in [5, 5.41) is 0. The molecule has 0 aliphatic carbocycles. The molecule has 1 aromatic rings. The quantitative estimate of drug-likeness (QED) is 0.845. The van der Waals surface area contributed by atoms with Crippen molar-refractivity contribution in [2.24, 2.45) is 0 Å². The molecule has 2 aliphatic heterocycles. The van der Waals surface area contributed by atoms with Gasteiger partial charge < -0.3 is 9.47 Å². The van der Waals surface area contributed by atoms with Crippen LogP contribution in [0.15, 0.2) is 24.5 Å². The van der Waals surface area contributed by atoms with E-state index in [1.165, 1.54) is 5.56 Å². The van der Waals surface area contributed by atoms with Crippen molar-refractivity contribution >= 4 is 0 Å². The third-order valence-corrected chi connectivity index (χ3v) is 4.50. The Balaban J connectivity index is 1.50. The standard InChI is InChI=1S/C16H24N2O2/c1-2-19-15-11-16(20-13-15)5-9-18(10-6-16)12-14-3-7-17-8-4-14/h3-4,7-8,15H,2,5-6,9-13H2,1H3. The van der Waals surface area contributed by atoms with E-state index in [9.17, 15) is 0 Å². The van der Waals surface area contributed by atoms with E-state index < -0.39 is 0 Å². The van der Waals surface area contributed by atoms with E-state index in [4.69, 9.17) is 9.47 Å². The number of likely N-dealkylation sites (tertiary alicyclic amines) is 1. The number of ether oxygens (including phenoxy) is 2. The van der Waals surface area contributed by atoms with Gasteiger partial charge in [0.25, 0.3) is 0 Å². The van der Waals surface area contributed by atoms with Crippen LogP contribution in [0.25, 0.3) is 0 Å². The second-order valence-electron chi connectivity index (χ2n) is 5.91. The Bertz CT molecular complexity index is 416. The molecule has 0 N–H and O–H groups in total. The summed E-state index contributed by atoms with van der Waals surface area (Å²) in [6, 6.07) is 4.20. The molecule has 3 rings (SSSR count). The lowest BCUT2D eigenvalue weighted by Crippen LogP contribution is -2.43. The third-order valence-electron chi connectivity index (χ3n) is 4.50. The summed E-state index contributed by atoms with van der Waals surface area (Å²) in [6.07, 6.45) is 7.38. The van der Waals surface area contributed by atoms with Gasteiger partial charge in [-0.2, -0.15) is 0 Å². The van der Waals surface area contributed by atoms with Crippen LogP contribution >= 0.6 is 0 Å². The first-order valence-electron chi connectivity index (χ1n) is 7.66. The highest BCUT2D eigenvalue weighted by atomic mass is 16.6. The van der Waals surface area contributed by atoms with Crippen molar-refractivity contribution < 1.29 is 9.47 Å². The number of rotatable bonds is 4. The molecule has 2 fully saturated rings. The fraction of sp³-hybridized carbons (Fsp3) is 0.688. The molecule has 4 heteroatoms. The maximum absolute atomic E-state index is 6.08. The van der Waals surface area contributed by atoms with Crippen LogP contribution < -0.4 is 0 Å². The van der Waals surface area contributed by atoms with Crippen molar-refractivity contribution in [3.8, 4) is 0 Å². The lowest BCUT2D eigenvalue weighted by Gasteiger charge is -2.38. The zero-order valence-electron chi connectivity index (χ0n) is 12.3. The highest BCUT2D eigenvalue weighted by Gasteiger charge is 2.42. The van der Waals surface area contributed by atoms with Crippen LogP contribution in [0.2, 0.25) is 0 Å². The highest BCUT2D eigenvalue weighted by Crippen LogP contribution is 2.37. The van der Waals surface area contributed by atoms with Crippen LogP contribution in [-0.2, 0) is 16.0 Å². The van der Waals surface area contributed by atoms with Gasteiger partial charge in [-0.05, 0) is 37.5 Å². The summed E-state index contributed by atoms with van der Waals surface area (Å²) in [5.74, 6) is 0. The van der Waals surface area contributed by atoms with Gasteiger partial charge in [-0.15, -0.1) is 0 Å². The molecule has 0 bridgehead atoms. The smallest absolute Gasteiger partial charge is 0.0836 e. The topological polar surface area (TPSA) is 34.6 Å². The highest BCUT2D eigenvalue weighted by molar-refractivity contribution is 5.09. The molecule has 0 saturated carbocycles. The van der Waals surface area contributed by atoms with Gasteiger partial charge in [0.05, 0.1) is 18.3 Å². The number of aromatic nitrogens is 1. The van der Waals surface area contributed by atoms with Crippen molar-refractivity contribution in [2.45, 2.75) is 44.4 Å². The monoisotopic (exact) mass is 276 g/mol. The van der Waals surface area contributed by atoms with E-state index in [2.05, 4.69) is 28.9 Å². The van der Waals surface area contributed by atoms with E-state index in [0.29, 0.717) is 6.10 Å². The number of pyridine rings is 1. The summed E-state index contributed by atoms with van der Waals surface area (Å²) in [4.78, 5) is 6.58. The van der Waals surface area contributed by atoms with E-state index in [0.717, 1.165) is 52.1 Å². The minimum Gasteiger partial charge on any atom is -0.376 e. The van der Waals surface area contributed by atoms with Gasteiger partial charge in [0.15, 0.2) is 0 Å². The number of nitrogens with zero attached hydrogens (tertiary/aromatic N) is 2. The van der Waals surface area contributed by atoms with Crippen LogP contribution in [0.4, 0.5) is 0 Å². The number of hydrogen-bond donors (Lipinski definition) is 0. The van der Waals surface area contributed by atoms with Gasteiger partial charge in [0.1, 0.15) is 0 Å². The minimum atomic E-state index is 0.0918. The largest absolute Gasteiger partial charge is 0.376 e. The molecule has 0 amide bonds. The van der Waals surface area contributed by atoms with Crippen molar-refractivity contribution in [2.75, 3.05) is 26.3 Å². The first kappa shape index (κ1) is 14.0. The van der Waals surface area contributed by atoms with Gasteiger partial charge >= 0.3 is 0 Å². The molecule has 1 unspecified atom stereocenters. The Hall–Kier alpha value is -0.970. The lowest BCUT2D eigenvalue weighted by atomic mass is 9.88. The predicted molar refractivity (Wildman–Crippen MR) is 77.5 cm³/mol. The van der Waals surface area contributed by atoms with E-state index in [1.54, 1.807) is 0 Å². The van der Waals surface area contributed by atoms with E-state index in [1.807, 2.05) is 12.4 Å². The van der Waals surface area contributed by atoms with Gasteiger partial charge in [-0.25, -0.2) is 0 Å². The Morgan fingerprint density at radius 2 is 2.10 bits per heavy atom. The van der Waals surface area contributed by atoms with Crippen LogP contribution in [0.3, 0.4) is 0 Å². The molecule has 2 saturated heterocycles. The predicted octanol–water partition coefficient (Wildman–Crippen LogP) is 2.24. The van der Waals surface area contributed by atoms with Crippen molar-refractivity contribution in [3.05, 3.63) is 30.1 Å². The van der Waals surface area contributed by atoms with Gasteiger partial charge in [0.2, 0.25) is 0 Å². The van der Waals surface area contributed by atoms with Crippen LogP contribution in [0, 0.1) is 0 Å². The maximum atomic E-state index is 6.08. The Morgan fingerprint density at radius 1 is 1.35 bits per heavy atom. The second kappa shape index (κ2) is 6.20. The molecule has 3 heterocycles. The minimum absolute atomic E-state index is 0.0918. The average Bonchev–Trinajstić information content (AvgIpc) is 2.86. The van der Waals surface area contributed by atoms with Gasteiger partial charge in [-0.3, -0.25) is 9.88 Å². The summed E-state index contributed by atoms with van der Waals surface area (Å²) in [6.45, 7) is 6.87. The molecule has 1 atom stereocenters. The number of piperidine rings is 1. The summed E-state index contributed by atoms with van der Waals surface area (Å²) < 4.78 is 11.8. The molecule has 20 heavy (non-hydrogen) atoms. The Kier molecular flexibility index (Phi) is 4.34. The Morgan fingerprint density at radius 3 is 2.80 bits per heavy atom. The second-order valence-corrected chi connectivity index (χ2v) is 5.91. The van der Waals surface area contributed by atoms with Crippen LogP contribution in [-0.4, -0.2) is 47.9 Å². The zero-order chi connectivity index (χ0) is 13.8. The molecular formula is C16H24N2O2. The molecule has 0 aromatic carbocycles. The SMILES string of the molecule is CCOC1COC2(CCN(Cc3ccncc3)CC2)C1. The van der Waals surface area contributed by atoms with Crippen molar-refractivity contribution in [3.63, 3.8) is 0 Å². The van der Waals surface area contributed by atoms with E-state index in [-0.39, 0.29) is 5.60 Å². The lowest BCUT2D eigenvalue weighted by molar-refractivity contribution is -0.0464.